The SMILES string of the molecule is CCNC(=NCc1sc(-c2ccccc2)nc1C)Nc1ccc(OC)c(OC)c1.I. The molecule has 0 aliphatic carbocycles. The van der Waals surface area contributed by atoms with Crippen LogP contribution in [0.5, 0.6) is 11.5 Å². The predicted molar refractivity (Wildman–Crippen MR) is 136 cm³/mol. The van der Waals surface area contributed by atoms with E-state index in [0.717, 1.165) is 33.4 Å². The van der Waals surface area contributed by atoms with E-state index in [9.17, 15) is 0 Å². The fourth-order valence-electron chi connectivity index (χ4n) is 2.79. The van der Waals surface area contributed by atoms with Crippen molar-refractivity contribution in [3.8, 4) is 22.1 Å². The highest BCUT2D eigenvalue weighted by Gasteiger charge is 2.10. The van der Waals surface area contributed by atoms with Crippen LogP contribution in [0.4, 0.5) is 5.69 Å². The average Bonchev–Trinajstić information content (AvgIpc) is 3.13. The summed E-state index contributed by atoms with van der Waals surface area (Å²) in [4.78, 5) is 10.6. The van der Waals surface area contributed by atoms with Crippen molar-refractivity contribution in [2.75, 3.05) is 26.1 Å². The average molecular weight is 538 g/mol. The molecule has 2 N–H and O–H groups in total. The van der Waals surface area contributed by atoms with Crippen LogP contribution in [-0.4, -0.2) is 31.7 Å². The molecule has 3 rings (SSSR count). The van der Waals surface area contributed by atoms with Crippen molar-refractivity contribution in [1.82, 2.24) is 10.3 Å². The highest BCUT2D eigenvalue weighted by molar-refractivity contribution is 14.0. The molecule has 0 atom stereocenters. The van der Waals surface area contributed by atoms with Crippen LogP contribution in [0.2, 0.25) is 0 Å². The minimum atomic E-state index is 0. The van der Waals surface area contributed by atoms with Gasteiger partial charge in [-0.3, -0.25) is 0 Å². The fourth-order valence-corrected chi connectivity index (χ4v) is 3.78. The van der Waals surface area contributed by atoms with Crippen LogP contribution >= 0.6 is 35.3 Å². The first kappa shape index (κ1) is 23.9. The Bertz CT molecular complexity index is 977. The lowest BCUT2D eigenvalue weighted by atomic mass is 10.2. The molecule has 0 radical (unpaired) electrons. The Kier molecular flexibility index (Phi) is 9.38. The van der Waals surface area contributed by atoms with Crippen molar-refractivity contribution in [2.24, 2.45) is 4.99 Å². The lowest BCUT2D eigenvalue weighted by molar-refractivity contribution is 0.355. The Balaban J connectivity index is 0.00000320. The van der Waals surface area contributed by atoms with E-state index in [-0.39, 0.29) is 24.0 Å². The van der Waals surface area contributed by atoms with Crippen molar-refractivity contribution in [3.05, 3.63) is 59.1 Å². The summed E-state index contributed by atoms with van der Waals surface area (Å²) in [6, 6.07) is 15.9. The zero-order chi connectivity index (χ0) is 20.6. The topological polar surface area (TPSA) is 67.8 Å². The van der Waals surface area contributed by atoms with E-state index in [2.05, 4.69) is 22.8 Å². The number of aromatic nitrogens is 1. The van der Waals surface area contributed by atoms with E-state index in [1.165, 1.54) is 0 Å². The molecule has 2 aromatic carbocycles. The maximum absolute atomic E-state index is 5.38. The third-order valence-corrected chi connectivity index (χ3v) is 5.48. The number of ether oxygens (including phenoxy) is 2. The lowest BCUT2D eigenvalue weighted by Crippen LogP contribution is -2.30. The van der Waals surface area contributed by atoms with Gasteiger partial charge in [-0.05, 0) is 26.0 Å². The molecule has 0 saturated carbocycles. The minimum Gasteiger partial charge on any atom is -0.493 e. The zero-order valence-electron chi connectivity index (χ0n) is 17.6. The summed E-state index contributed by atoms with van der Waals surface area (Å²) in [5, 5.41) is 7.62. The molecule has 0 spiro atoms. The van der Waals surface area contributed by atoms with Crippen molar-refractivity contribution in [2.45, 2.75) is 20.4 Å². The number of halogens is 1. The van der Waals surface area contributed by atoms with Crippen LogP contribution < -0.4 is 20.1 Å². The van der Waals surface area contributed by atoms with Gasteiger partial charge in [-0.25, -0.2) is 9.98 Å². The molecule has 0 amide bonds. The number of aliphatic imine (C=N–C) groups is 1. The van der Waals surface area contributed by atoms with E-state index < -0.39 is 0 Å². The van der Waals surface area contributed by atoms with Gasteiger partial charge < -0.3 is 20.1 Å². The number of anilines is 1. The smallest absolute Gasteiger partial charge is 0.196 e. The highest BCUT2D eigenvalue weighted by Crippen LogP contribution is 2.30. The molecular formula is C22H27IN4O2S. The van der Waals surface area contributed by atoms with Crippen LogP contribution in [-0.2, 0) is 6.54 Å². The van der Waals surface area contributed by atoms with Crippen LogP contribution in [0, 0.1) is 6.92 Å². The van der Waals surface area contributed by atoms with E-state index in [1.54, 1.807) is 25.6 Å². The summed E-state index contributed by atoms with van der Waals surface area (Å²) < 4.78 is 10.7. The first-order valence-corrected chi connectivity index (χ1v) is 10.2. The number of aryl methyl sites for hydroxylation is 1. The van der Waals surface area contributed by atoms with Gasteiger partial charge in [-0.2, -0.15) is 0 Å². The van der Waals surface area contributed by atoms with Crippen molar-refractivity contribution < 1.29 is 9.47 Å². The molecule has 1 heterocycles. The van der Waals surface area contributed by atoms with Crippen LogP contribution in [0.3, 0.4) is 0 Å². The predicted octanol–water partition coefficient (Wildman–Crippen LogP) is 5.33. The van der Waals surface area contributed by atoms with E-state index in [0.29, 0.717) is 24.0 Å². The van der Waals surface area contributed by atoms with Crippen LogP contribution in [0.1, 0.15) is 17.5 Å². The van der Waals surface area contributed by atoms with Gasteiger partial charge in [-0.15, -0.1) is 35.3 Å². The molecule has 0 fully saturated rings. The first-order chi connectivity index (χ1) is 14.1. The maximum Gasteiger partial charge on any atom is 0.196 e. The number of benzene rings is 2. The Morgan fingerprint density at radius 2 is 1.80 bits per heavy atom. The van der Waals surface area contributed by atoms with Gasteiger partial charge in [0, 0.05) is 28.7 Å². The lowest BCUT2D eigenvalue weighted by Gasteiger charge is -2.13. The number of hydrogen-bond acceptors (Lipinski definition) is 5. The molecule has 1 aromatic heterocycles. The molecule has 0 aliphatic rings. The molecule has 0 unspecified atom stereocenters. The number of guanidine groups is 1. The second kappa shape index (κ2) is 11.8. The van der Waals surface area contributed by atoms with Gasteiger partial charge in [0.15, 0.2) is 17.5 Å². The fraction of sp³-hybridized carbons (Fsp3) is 0.273. The van der Waals surface area contributed by atoms with E-state index in [4.69, 9.17) is 19.5 Å². The third kappa shape index (κ3) is 6.09. The first-order valence-electron chi connectivity index (χ1n) is 9.43. The summed E-state index contributed by atoms with van der Waals surface area (Å²) in [6.45, 7) is 5.38. The van der Waals surface area contributed by atoms with Gasteiger partial charge in [0.1, 0.15) is 5.01 Å². The van der Waals surface area contributed by atoms with Crippen molar-refractivity contribution >= 4 is 47.0 Å². The molecule has 0 aliphatic heterocycles. The molecular weight excluding hydrogens is 511 g/mol. The highest BCUT2D eigenvalue weighted by atomic mass is 127. The van der Waals surface area contributed by atoms with Crippen molar-refractivity contribution in [3.63, 3.8) is 0 Å². The number of rotatable bonds is 7. The van der Waals surface area contributed by atoms with Crippen LogP contribution in [0.15, 0.2) is 53.5 Å². The number of nitrogens with one attached hydrogen (secondary N) is 2. The summed E-state index contributed by atoms with van der Waals surface area (Å²) in [7, 11) is 3.25. The molecule has 6 nitrogen and oxygen atoms in total. The zero-order valence-corrected chi connectivity index (χ0v) is 20.7. The van der Waals surface area contributed by atoms with Gasteiger partial charge in [-0.1, -0.05) is 30.3 Å². The number of nitrogens with zero attached hydrogens (tertiary/aromatic N) is 2. The monoisotopic (exact) mass is 538 g/mol. The maximum atomic E-state index is 5.38. The number of methoxy groups -OCH3 is 2. The summed E-state index contributed by atoms with van der Waals surface area (Å²) in [6.07, 6.45) is 0. The summed E-state index contributed by atoms with van der Waals surface area (Å²) >= 11 is 1.68. The second-order valence-electron chi connectivity index (χ2n) is 6.28. The molecule has 160 valence electrons. The second-order valence-corrected chi connectivity index (χ2v) is 7.37. The summed E-state index contributed by atoms with van der Waals surface area (Å²) in [5.74, 6) is 2.06. The normalized spacial score (nSPS) is 10.9. The molecule has 8 heteroatoms. The molecule has 3 aromatic rings. The Labute approximate surface area is 198 Å². The Morgan fingerprint density at radius 1 is 1.07 bits per heavy atom. The summed E-state index contributed by atoms with van der Waals surface area (Å²) in [5.41, 5.74) is 3.01. The molecule has 30 heavy (non-hydrogen) atoms. The minimum absolute atomic E-state index is 0. The molecule has 0 bridgehead atoms. The quantitative estimate of drug-likeness (QED) is 0.242. The molecule has 0 saturated heterocycles. The van der Waals surface area contributed by atoms with Gasteiger partial charge in [0.25, 0.3) is 0 Å². The Morgan fingerprint density at radius 3 is 2.47 bits per heavy atom. The van der Waals surface area contributed by atoms with Crippen molar-refractivity contribution in [1.29, 1.82) is 0 Å². The van der Waals surface area contributed by atoms with E-state index >= 15 is 0 Å². The van der Waals surface area contributed by atoms with Gasteiger partial charge >= 0.3 is 0 Å². The van der Waals surface area contributed by atoms with E-state index in [1.807, 2.05) is 50.2 Å². The Hall–Kier alpha value is -2.33. The van der Waals surface area contributed by atoms with Gasteiger partial charge in [0.2, 0.25) is 0 Å². The number of thiazole rings is 1. The standard InChI is InChI=1S/C22H26N4O2S.HI/c1-5-23-22(26-17-11-12-18(27-3)19(13-17)28-4)24-14-20-15(2)25-21(29-20)16-9-7-6-8-10-16;/h6-13H,5,14H2,1-4H3,(H2,23,24,26);1H. The van der Waals surface area contributed by atoms with Crippen LogP contribution in [0.25, 0.3) is 10.6 Å². The van der Waals surface area contributed by atoms with Gasteiger partial charge in [0.05, 0.1) is 26.5 Å². The largest absolute Gasteiger partial charge is 0.493 e. The number of hydrogen-bond donors (Lipinski definition) is 2. The third-order valence-electron chi connectivity index (χ3n) is 4.28.